The smallest absolute Gasteiger partial charge is 0.315 e. The van der Waals surface area contributed by atoms with Crippen molar-refractivity contribution in [1.29, 1.82) is 0 Å². The zero-order valence-electron chi connectivity index (χ0n) is 10.9. The normalized spacial score (nSPS) is 11.8. The van der Waals surface area contributed by atoms with Crippen LogP contribution in [0.2, 0.25) is 0 Å². The van der Waals surface area contributed by atoms with Crippen LogP contribution in [-0.2, 0) is 9.59 Å². The first-order chi connectivity index (χ1) is 8.38. The molecule has 1 atom stereocenters. The Hall–Kier alpha value is -2.04. The molecule has 1 amide bonds. The maximum atomic E-state index is 11.6. The molecule has 0 saturated heterocycles. The van der Waals surface area contributed by atoms with Crippen molar-refractivity contribution in [2.24, 2.45) is 5.92 Å². The number of nitrogens with one attached hydrogen (secondary N) is 1. The first kappa shape index (κ1) is 14.0. The summed E-state index contributed by atoms with van der Waals surface area (Å²) in [5.74, 6) is -2.02. The average Bonchev–Trinajstić information content (AvgIpc) is 2.34. The summed E-state index contributed by atoms with van der Waals surface area (Å²) in [5, 5.41) is 11.4. The molecule has 0 heterocycles. The van der Waals surface area contributed by atoms with Gasteiger partial charge in [0.05, 0.1) is 7.11 Å². The van der Waals surface area contributed by atoms with Crippen LogP contribution in [0.4, 0.5) is 5.69 Å². The van der Waals surface area contributed by atoms with E-state index in [0.717, 1.165) is 16.9 Å². The van der Waals surface area contributed by atoms with Crippen LogP contribution in [0.15, 0.2) is 12.1 Å². The fraction of sp³-hybridized carbons (Fsp3) is 0.385. The Labute approximate surface area is 106 Å². The largest absolute Gasteiger partial charge is 0.496 e. The molecule has 0 spiro atoms. The minimum Gasteiger partial charge on any atom is -0.496 e. The number of ether oxygens (including phenoxy) is 1. The number of carboxylic acids is 1. The highest BCUT2D eigenvalue weighted by Crippen LogP contribution is 2.27. The summed E-state index contributed by atoms with van der Waals surface area (Å²) in [6, 6.07) is 3.44. The number of carboxylic acid groups (broad SMARTS) is 1. The first-order valence-electron chi connectivity index (χ1n) is 5.56. The summed E-state index contributed by atoms with van der Waals surface area (Å²) in [5.41, 5.74) is 2.38. The van der Waals surface area contributed by atoms with Gasteiger partial charge in [0.25, 0.3) is 0 Å². The Balaban J connectivity index is 2.96. The Morgan fingerprint density at radius 1 is 1.28 bits per heavy atom. The Morgan fingerprint density at radius 3 is 2.39 bits per heavy atom. The Kier molecular flexibility index (Phi) is 4.31. The van der Waals surface area contributed by atoms with Crippen molar-refractivity contribution in [2.45, 2.75) is 20.8 Å². The van der Waals surface area contributed by atoms with Gasteiger partial charge in [-0.05, 0) is 44.0 Å². The predicted octanol–water partition coefficient (Wildman–Crippen LogP) is 1.97. The maximum Gasteiger partial charge on any atom is 0.315 e. The van der Waals surface area contributed by atoms with E-state index in [2.05, 4.69) is 5.32 Å². The molecule has 0 aliphatic heterocycles. The van der Waals surface area contributed by atoms with E-state index in [1.807, 2.05) is 13.8 Å². The van der Waals surface area contributed by atoms with Gasteiger partial charge in [0.15, 0.2) is 0 Å². The highest BCUT2D eigenvalue weighted by molar-refractivity contribution is 6.04. The van der Waals surface area contributed by atoms with Gasteiger partial charge in [-0.2, -0.15) is 0 Å². The van der Waals surface area contributed by atoms with E-state index in [1.54, 1.807) is 19.2 Å². The lowest BCUT2D eigenvalue weighted by Gasteiger charge is -2.14. The van der Waals surface area contributed by atoms with E-state index in [0.29, 0.717) is 5.69 Å². The maximum absolute atomic E-state index is 11.6. The van der Waals surface area contributed by atoms with E-state index < -0.39 is 17.8 Å². The molecule has 0 radical (unpaired) electrons. The molecule has 0 aromatic heterocycles. The van der Waals surface area contributed by atoms with E-state index in [-0.39, 0.29) is 0 Å². The van der Waals surface area contributed by atoms with Gasteiger partial charge in [-0.1, -0.05) is 0 Å². The summed E-state index contributed by atoms with van der Waals surface area (Å²) >= 11 is 0. The number of carbonyl (C=O) groups excluding carboxylic acids is 1. The Morgan fingerprint density at radius 2 is 1.89 bits per heavy atom. The second-order valence-electron chi connectivity index (χ2n) is 4.11. The molecule has 98 valence electrons. The van der Waals surface area contributed by atoms with Crippen LogP contribution >= 0.6 is 0 Å². The van der Waals surface area contributed by atoms with Crippen LogP contribution < -0.4 is 10.1 Å². The standard InChI is InChI=1S/C13H17NO4/c1-7-8(2)11(18-4)6-5-10(7)14-12(15)9(3)13(16)17/h5-6,9H,1-4H3,(H,14,15)(H,16,17). The highest BCUT2D eigenvalue weighted by Gasteiger charge is 2.21. The number of rotatable bonds is 4. The van der Waals surface area contributed by atoms with Crippen molar-refractivity contribution >= 4 is 17.6 Å². The Bertz CT molecular complexity index is 482. The van der Waals surface area contributed by atoms with Crippen LogP contribution in [0.3, 0.4) is 0 Å². The van der Waals surface area contributed by atoms with Gasteiger partial charge in [0.2, 0.25) is 5.91 Å². The summed E-state index contributed by atoms with van der Waals surface area (Å²) in [7, 11) is 1.58. The summed E-state index contributed by atoms with van der Waals surface area (Å²) < 4.78 is 5.16. The van der Waals surface area contributed by atoms with Crippen molar-refractivity contribution in [2.75, 3.05) is 12.4 Å². The SMILES string of the molecule is COc1ccc(NC(=O)C(C)C(=O)O)c(C)c1C. The predicted molar refractivity (Wildman–Crippen MR) is 67.9 cm³/mol. The van der Waals surface area contributed by atoms with Gasteiger partial charge < -0.3 is 15.2 Å². The number of aliphatic carboxylic acids is 1. The second-order valence-corrected chi connectivity index (χ2v) is 4.11. The molecule has 1 rings (SSSR count). The highest BCUT2D eigenvalue weighted by atomic mass is 16.5. The number of hydrogen-bond donors (Lipinski definition) is 2. The third kappa shape index (κ3) is 2.80. The molecule has 0 fully saturated rings. The van der Waals surface area contributed by atoms with Crippen LogP contribution in [0.25, 0.3) is 0 Å². The quantitative estimate of drug-likeness (QED) is 0.802. The molecule has 2 N–H and O–H groups in total. The summed E-state index contributed by atoms with van der Waals surface area (Å²) in [4.78, 5) is 22.4. The molecule has 1 unspecified atom stereocenters. The number of hydrogen-bond acceptors (Lipinski definition) is 3. The van der Waals surface area contributed by atoms with Crippen molar-refractivity contribution in [3.63, 3.8) is 0 Å². The van der Waals surface area contributed by atoms with Gasteiger partial charge in [-0.25, -0.2) is 0 Å². The number of amides is 1. The first-order valence-corrected chi connectivity index (χ1v) is 5.56. The van der Waals surface area contributed by atoms with Gasteiger partial charge in [0.1, 0.15) is 11.7 Å². The van der Waals surface area contributed by atoms with E-state index >= 15 is 0 Å². The fourth-order valence-corrected chi connectivity index (χ4v) is 1.51. The van der Waals surface area contributed by atoms with Crippen LogP contribution in [0, 0.1) is 19.8 Å². The molecule has 5 nitrogen and oxygen atoms in total. The molecule has 1 aromatic carbocycles. The van der Waals surface area contributed by atoms with Crippen molar-refractivity contribution < 1.29 is 19.4 Å². The zero-order valence-corrected chi connectivity index (χ0v) is 10.9. The molecular formula is C13H17NO4. The summed E-state index contributed by atoms with van der Waals surface area (Å²) in [6.07, 6.45) is 0. The number of methoxy groups -OCH3 is 1. The van der Waals surface area contributed by atoms with Gasteiger partial charge in [-0.15, -0.1) is 0 Å². The lowest BCUT2D eigenvalue weighted by Crippen LogP contribution is -2.27. The molecule has 18 heavy (non-hydrogen) atoms. The number of benzene rings is 1. The fourth-order valence-electron chi connectivity index (χ4n) is 1.51. The van der Waals surface area contributed by atoms with Crippen LogP contribution in [0.1, 0.15) is 18.1 Å². The van der Waals surface area contributed by atoms with E-state index in [9.17, 15) is 9.59 Å². The van der Waals surface area contributed by atoms with Gasteiger partial charge >= 0.3 is 5.97 Å². The zero-order chi connectivity index (χ0) is 13.9. The molecular weight excluding hydrogens is 234 g/mol. The lowest BCUT2D eigenvalue weighted by molar-refractivity contribution is -0.144. The topological polar surface area (TPSA) is 75.6 Å². The third-order valence-electron chi connectivity index (χ3n) is 2.98. The van der Waals surface area contributed by atoms with E-state index in [4.69, 9.17) is 9.84 Å². The number of carbonyl (C=O) groups is 2. The minimum atomic E-state index is -1.14. The molecule has 1 aromatic rings. The van der Waals surface area contributed by atoms with Gasteiger partial charge in [0, 0.05) is 5.69 Å². The van der Waals surface area contributed by atoms with Crippen molar-refractivity contribution in [1.82, 2.24) is 0 Å². The minimum absolute atomic E-state index is 0.532. The van der Waals surface area contributed by atoms with Crippen molar-refractivity contribution in [3.8, 4) is 5.75 Å². The van der Waals surface area contributed by atoms with Gasteiger partial charge in [-0.3, -0.25) is 9.59 Å². The summed E-state index contributed by atoms with van der Waals surface area (Å²) in [6.45, 7) is 5.08. The molecule has 0 saturated carbocycles. The molecule has 0 aliphatic carbocycles. The molecule has 0 aliphatic rings. The third-order valence-corrected chi connectivity index (χ3v) is 2.98. The van der Waals surface area contributed by atoms with Crippen molar-refractivity contribution in [3.05, 3.63) is 23.3 Å². The van der Waals surface area contributed by atoms with E-state index in [1.165, 1.54) is 6.92 Å². The van der Waals surface area contributed by atoms with Crippen LogP contribution in [-0.4, -0.2) is 24.1 Å². The molecule has 0 bridgehead atoms. The number of anilines is 1. The molecule has 5 heteroatoms. The average molecular weight is 251 g/mol. The monoisotopic (exact) mass is 251 g/mol. The lowest BCUT2D eigenvalue weighted by atomic mass is 10.1. The van der Waals surface area contributed by atoms with Crippen LogP contribution in [0.5, 0.6) is 5.75 Å². The second kappa shape index (κ2) is 5.53.